The fourth-order valence-corrected chi connectivity index (χ4v) is 0.721. The SMILES string of the molecule is C/C=C(/C=O)CC(=O)C=CCC. The highest BCUT2D eigenvalue weighted by Crippen LogP contribution is 1.99. The maximum absolute atomic E-state index is 11.0. The second-order valence-electron chi connectivity index (χ2n) is 2.44. The van der Waals surface area contributed by atoms with Crippen LogP contribution in [0.1, 0.15) is 26.7 Å². The molecule has 2 heteroatoms. The van der Waals surface area contributed by atoms with Crippen LogP contribution in [-0.4, -0.2) is 12.1 Å². The fraction of sp³-hybridized carbons (Fsp3) is 0.400. The Morgan fingerprint density at radius 2 is 2.08 bits per heavy atom. The number of hydrogen-bond acceptors (Lipinski definition) is 2. The first-order chi connectivity index (χ1) is 5.74. The van der Waals surface area contributed by atoms with Crippen LogP contribution in [0.5, 0.6) is 0 Å². The minimum atomic E-state index is -0.0166. The Hall–Kier alpha value is -1.18. The third kappa shape index (κ3) is 4.61. The lowest BCUT2D eigenvalue weighted by Gasteiger charge is -1.92. The molecule has 0 aromatic heterocycles. The van der Waals surface area contributed by atoms with Crippen LogP contribution in [-0.2, 0) is 9.59 Å². The number of hydrogen-bond donors (Lipinski definition) is 0. The maximum atomic E-state index is 11.0. The van der Waals surface area contributed by atoms with Crippen molar-refractivity contribution >= 4 is 12.1 Å². The second kappa shape index (κ2) is 6.53. The van der Waals surface area contributed by atoms with E-state index in [4.69, 9.17) is 0 Å². The van der Waals surface area contributed by atoms with Crippen molar-refractivity contribution < 1.29 is 9.59 Å². The predicted molar refractivity (Wildman–Crippen MR) is 48.9 cm³/mol. The lowest BCUT2D eigenvalue weighted by molar-refractivity contribution is -0.115. The molecule has 0 N–H and O–H groups in total. The third-order valence-corrected chi connectivity index (χ3v) is 1.44. The van der Waals surface area contributed by atoms with Crippen molar-refractivity contribution in [2.75, 3.05) is 0 Å². The zero-order valence-corrected chi connectivity index (χ0v) is 7.54. The number of carbonyl (C=O) groups excluding carboxylic acids is 2. The Labute approximate surface area is 73.0 Å². The quantitative estimate of drug-likeness (QED) is 0.462. The molecular formula is C10H14O2. The largest absolute Gasteiger partial charge is 0.298 e. The van der Waals surface area contributed by atoms with Crippen molar-refractivity contribution in [3.05, 3.63) is 23.8 Å². The van der Waals surface area contributed by atoms with E-state index in [9.17, 15) is 9.59 Å². The molecule has 0 spiro atoms. The Morgan fingerprint density at radius 3 is 2.50 bits per heavy atom. The monoisotopic (exact) mass is 166 g/mol. The molecule has 66 valence electrons. The summed E-state index contributed by atoms with van der Waals surface area (Å²) >= 11 is 0. The summed E-state index contributed by atoms with van der Waals surface area (Å²) < 4.78 is 0. The molecule has 0 aliphatic carbocycles. The summed E-state index contributed by atoms with van der Waals surface area (Å²) in [6, 6.07) is 0. The van der Waals surface area contributed by atoms with Crippen molar-refractivity contribution in [3.8, 4) is 0 Å². The van der Waals surface area contributed by atoms with Gasteiger partial charge in [0, 0.05) is 6.42 Å². The first-order valence-corrected chi connectivity index (χ1v) is 4.04. The van der Waals surface area contributed by atoms with Gasteiger partial charge in [-0.1, -0.05) is 19.1 Å². The summed E-state index contributed by atoms with van der Waals surface area (Å²) in [6.07, 6.45) is 6.75. The molecule has 0 aromatic rings. The first-order valence-electron chi connectivity index (χ1n) is 4.04. The number of rotatable bonds is 5. The van der Waals surface area contributed by atoms with E-state index < -0.39 is 0 Å². The van der Waals surface area contributed by atoms with Crippen LogP contribution in [0, 0.1) is 0 Å². The number of aldehydes is 1. The van der Waals surface area contributed by atoms with Gasteiger partial charge in [0.1, 0.15) is 6.29 Å². The van der Waals surface area contributed by atoms with Gasteiger partial charge in [-0.05, 0) is 25.0 Å². The summed E-state index contributed by atoms with van der Waals surface area (Å²) in [5.74, 6) is -0.0166. The van der Waals surface area contributed by atoms with Gasteiger partial charge in [-0.25, -0.2) is 0 Å². The Balaban J connectivity index is 4.00. The molecule has 0 unspecified atom stereocenters. The Morgan fingerprint density at radius 1 is 1.42 bits per heavy atom. The lowest BCUT2D eigenvalue weighted by atomic mass is 10.1. The highest BCUT2D eigenvalue weighted by molar-refractivity contribution is 5.95. The molecule has 0 bridgehead atoms. The molecule has 12 heavy (non-hydrogen) atoms. The standard InChI is InChI=1S/C10H14O2/c1-3-5-6-10(12)7-9(4-2)8-11/h4-6,8H,3,7H2,1-2H3/b6-5?,9-4+. The summed E-state index contributed by atoms with van der Waals surface area (Å²) in [4.78, 5) is 21.3. The third-order valence-electron chi connectivity index (χ3n) is 1.44. The van der Waals surface area contributed by atoms with Gasteiger partial charge in [0.2, 0.25) is 0 Å². The summed E-state index contributed by atoms with van der Waals surface area (Å²) in [7, 11) is 0. The molecule has 0 radical (unpaired) electrons. The van der Waals surface area contributed by atoms with Crippen LogP contribution in [0.2, 0.25) is 0 Å². The maximum Gasteiger partial charge on any atom is 0.159 e. The average molecular weight is 166 g/mol. The molecule has 0 aliphatic rings. The van der Waals surface area contributed by atoms with Gasteiger partial charge in [-0.15, -0.1) is 0 Å². The smallest absolute Gasteiger partial charge is 0.159 e. The predicted octanol–water partition coefficient (Wildman–Crippen LogP) is 2.06. The second-order valence-corrected chi connectivity index (χ2v) is 2.44. The van der Waals surface area contributed by atoms with E-state index >= 15 is 0 Å². The normalized spacial score (nSPS) is 12.0. The summed E-state index contributed by atoms with van der Waals surface area (Å²) in [6.45, 7) is 3.71. The molecule has 0 aliphatic heterocycles. The van der Waals surface area contributed by atoms with Gasteiger partial charge in [-0.3, -0.25) is 9.59 Å². The van der Waals surface area contributed by atoms with Crippen molar-refractivity contribution in [1.29, 1.82) is 0 Å². The van der Waals surface area contributed by atoms with E-state index in [1.165, 1.54) is 6.08 Å². The number of allylic oxidation sites excluding steroid dienone is 4. The first kappa shape index (κ1) is 10.8. The fourth-order valence-electron chi connectivity index (χ4n) is 0.721. The van der Waals surface area contributed by atoms with Crippen LogP contribution in [0.25, 0.3) is 0 Å². The van der Waals surface area contributed by atoms with Crippen molar-refractivity contribution in [2.45, 2.75) is 26.7 Å². The molecule has 2 nitrogen and oxygen atoms in total. The molecule has 0 heterocycles. The van der Waals surface area contributed by atoms with E-state index in [-0.39, 0.29) is 12.2 Å². The van der Waals surface area contributed by atoms with Crippen molar-refractivity contribution in [2.24, 2.45) is 0 Å². The molecule has 0 amide bonds. The van der Waals surface area contributed by atoms with Gasteiger partial charge in [-0.2, -0.15) is 0 Å². The Kier molecular flexibility index (Phi) is 5.88. The van der Waals surface area contributed by atoms with E-state index in [2.05, 4.69) is 0 Å². The van der Waals surface area contributed by atoms with Crippen molar-refractivity contribution in [3.63, 3.8) is 0 Å². The van der Waals surface area contributed by atoms with Gasteiger partial charge in [0.25, 0.3) is 0 Å². The van der Waals surface area contributed by atoms with Gasteiger partial charge in [0.15, 0.2) is 5.78 Å². The molecule has 0 saturated carbocycles. The zero-order valence-electron chi connectivity index (χ0n) is 7.54. The molecule has 0 saturated heterocycles. The Bertz CT molecular complexity index is 212. The number of ketones is 1. The van der Waals surface area contributed by atoms with E-state index in [0.717, 1.165) is 12.7 Å². The van der Waals surface area contributed by atoms with E-state index in [1.54, 1.807) is 19.1 Å². The summed E-state index contributed by atoms with van der Waals surface area (Å²) in [5, 5.41) is 0. The minimum absolute atomic E-state index is 0.0166. The van der Waals surface area contributed by atoms with Gasteiger partial charge >= 0.3 is 0 Å². The van der Waals surface area contributed by atoms with Crippen LogP contribution < -0.4 is 0 Å². The molecular weight excluding hydrogens is 152 g/mol. The van der Waals surface area contributed by atoms with Crippen LogP contribution in [0.15, 0.2) is 23.8 Å². The minimum Gasteiger partial charge on any atom is -0.298 e. The molecule has 0 aromatic carbocycles. The molecule has 0 atom stereocenters. The van der Waals surface area contributed by atoms with Crippen LogP contribution >= 0.6 is 0 Å². The molecule has 0 fully saturated rings. The summed E-state index contributed by atoms with van der Waals surface area (Å²) in [5.41, 5.74) is 0.542. The van der Waals surface area contributed by atoms with Crippen LogP contribution in [0.4, 0.5) is 0 Å². The highest BCUT2D eigenvalue weighted by atomic mass is 16.1. The van der Waals surface area contributed by atoms with Crippen LogP contribution in [0.3, 0.4) is 0 Å². The lowest BCUT2D eigenvalue weighted by Crippen LogP contribution is -1.96. The van der Waals surface area contributed by atoms with Crippen molar-refractivity contribution in [1.82, 2.24) is 0 Å². The molecule has 0 rings (SSSR count). The van der Waals surface area contributed by atoms with E-state index in [1.807, 2.05) is 6.92 Å². The highest BCUT2D eigenvalue weighted by Gasteiger charge is 1.99. The van der Waals surface area contributed by atoms with Gasteiger partial charge in [0.05, 0.1) is 0 Å². The van der Waals surface area contributed by atoms with Gasteiger partial charge < -0.3 is 0 Å². The topological polar surface area (TPSA) is 34.1 Å². The van der Waals surface area contributed by atoms with E-state index in [0.29, 0.717) is 5.57 Å². The zero-order chi connectivity index (χ0) is 9.40. The number of carbonyl (C=O) groups is 2. The average Bonchev–Trinajstić information content (AvgIpc) is 2.10.